The zero-order valence-corrected chi connectivity index (χ0v) is 6.37. The second-order valence-electron chi connectivity index (χ2n) is 1.66. The molecule has 0 bridgehead atoms. The van der Waals surface area contributed by atoms with Crippen LogP contribution in [-0.2, 0) is 0 Å². The van der Waals surface area contributed by atoms with Crippen LogP contribution in [-0.4, -0.2) is 0 Å². The van der Waals surface area contributed by atoms with E-state index in [1.54, 1.807) is 0 Å². The lowest BCUT2D eigenvalue weighted by Gasteiger charge is -1.91. The Balaban J connectivity index is 3.20. The van der Waals surface area contributed by atoms with E-state index in [9.17, 15) is 0 Å². The normalized spacial score (nSPS) is 8.90. The van der Waals surface area contributed by atoms with Crippen LogP contribution >= 0.6 is 23.2 Å². The van der Waals surface area contributed by atoms with Gasteiger partial charge in [0.05, 0.1) is 21.7 Å². The van der Waals surface area contributed by atoms with Gasteiger partial charge in [0.2, 0.25) is 0 Å². The van der Waals surface area contributed by atoms with Crippen LogP contribution in [0.2, 0.25) is 10.0 Å². The molecule has 0 aliphatic heterocycles. The molecule has 0 aliphatic carbocycles. The number of hydrogen-bond donors (Lipinski definition) is 0. The summed E-state index contributed by atoms with van der Waals surface area (Å²) in [5, 5.41) is 9.09. The summed E-state index contributed by atoms with van der Waals surface area (Å²) in [4.78, 5) is 0. The van der Waals surface area contributed by atoms with E-state index in [2.05, 4.69) is 6.07 Å². The molecule has 0 atom stereocenters. The molecule has 0 saturated heterocycles. The third-order valence-electron chi connectivity index (χ3n) is 0.975. The van der Waals surface area contributed by atoms with Crippen molar-refractivity contribution in [2.24, 2.45) is 0 Å². The van der Waals surface area contributed by atoms with Crippen molar-refractivity contribution in [1.29, 1.82) is 5.26 Å². The maximum Gasteiger partial charge on any atom is 0.0992 e. The molecule has 1 nitrogen and oxygen atoms in total. The van der Waals surface area contributed by atoms with Gasteiger partial charge in [0.25, 0.3) is 0 Å². The maximum atomic E-state index is 8.38. The molecule has 0 N–H and O–H groups in total. The van der Waals surface area contributed by atoms with Gasteiger partial charge in [-0.3, -0.25) is 0 Å². The largest absolute Gasteiger partial charge is 0.192 e. The second kappa shape index (κ2) is 2.92. The van der Waals surface area contributed by atoms with Crippen molar-refractivity contribution in [3.63, 3.8) is 0 Å². The highest BCUT2D eigenvalue weighted by atomic mass is 35.5. The highest BCUT2D eigenvalue weighted by Crippen LogP contribution is 2.21. The fourth-order valence-electron chi connectivity index (χ4n) is 0.516. The third-order valence-corrected chi connectivity index (χ3v) is 1.68. The zero-order valence-electron chi connectivity index (χ0n) is 4.86. The molecule has 1 rings (SSSR count). The van der Waals surface area contributed by atoms with Crippen LogP contribution in [0.25, 0.3) is 0 Å². The molecule has 0 unspecified atom stereocenters. The lowest BCUT2D eigenvalue weighted by molar-refractivity contribution is 1.48. The van der Waals surface area contributed by atoms with Gasteiger partial charge in [-0.25, -0.2) is 0 Å². The Morgan fingerprint density at radius 3 is 2.70 bits per heavy atom. The third kappa shape index (κ3) is 1.41. The number of halogens is 2. The quantitative estimate of drug-likeness (QED) is 0.588. The van der Waals surface area contributed by atoms with Crippen LogP contribution in [0, 0.1) is 17.4 Å². The summed E-state index contributed by atoms with van der Waals surface area (Å²) in [6, 6.07) is 7.55. The molecule has 3 heteroatoms. The van der Waals surface area contributed by atoms with Gasteiger partial charge >= 0.3 is 0 Å². The Bertz CT molecular complexity index is 288. The Hall–Kier alpha value is -0.710. The molecule has 0 aliphatic rings. The predicted octanol–water partition coefficient (Wildman–Crippen LogP) is 2.67. The molecular weight excluding hydrogens is 169 g/mol. The second-order valence-corrected chi connectivity index (χ2v) is 2.45. The highest BCUT2D eigenvalue weighted by Gasteiger charge is 1.97. The molecule has 49 valence electrons. The van der Waals surface area contributed by atoms with Crippen molar-refractivity contribution < 1.29 is 0 Å². The van der Waals surface area contributed by atoms with Crippen LogP contribution in [0.15, 0.2) is 12.1 Å². The van der Waals surface area contributed by atoms with Gasteiger partial charge < -0.3 is 0 Å². The maximum absolute atomic E-state index is 8.38. The summed E-state index contributed by atoms with van der Waals surface area (Å²) >= 11 is 11.1. The number of hydrogen-bond acceptors (Lipinski definition) is 1. The zero-order chi connectivity index (χ0) is 7.56. The molecule has 0 saturated carbocycles. The molecule has 1 aromatic rings. The van der Waals surface area contributed by atoms with Crippen LogP contribution < -0.4 is 0 Å². The highest BCUT2D eigenvalue weighted by molar-refractivity contribution is 6.41. The van der Waals surface area contributed by atoms with Gasteiger partial charge in [-0.2, -0.15) is 5.26 Å². The Morgan fingerprint density at radius 2 is 2.20 bits per heavy atom. The lowest BCUT2D eigenvalue weighted by Crippen LogP contribution is -1.73. The van der Waals surface area contributed by atoms with Crippen molar-refractivity contribution in [2.75, 3.05) is 0 Å². The molecule has 0 fully saturated rings. The predicted molar refractivity (Wildman–Crippen MR) is 40.0 cm³/mol. The monoisotopic (exact) mass is 170 g/mol. The lowest BCUT2D eigenvalue weighted by atomic mass is 10.2. The smallest absolute Gasteiger partial charge is 0.0992 e. The first-order chi connectivity index (χ1) is 4.74. The Kier molecular flexibility index (Phi) is 2.16. The fraction of sp³-hybridized carbons (Fsp3) is 0. The molecule has 0 spiro atoms. The summed E-state index contributed by atoms with van der Waals surface area (Å²) in [6.45, 7) is 0. The van der Waals surface area contributed by atoms with Crippen LogP contribution in [0.4, 0.5) is 0 Å². The average molecular weight is 171 g/mol. The van der Waals surface area contributed by atoms with Crippen molar-refractivity contribution in [1.82, 2.24) is 0 Å². The van der Waals surface area contributed by atoms with Crippen LogP contribution in [0.5, 0.6) is 0 Å². The summed E-state index contributed by atoms with van der Waals surface area (Å²) in [5.41, 5.74) is 0.467. The minimum Gasteiger partial charge on any atom is -0.192 e. The van der Waals surface area contributed by atoms with Crippen molar-refractivity contribution in [3.8, 4) is 6.07 Å². The van der Waals surface area contributed by atoms with Crippen LogP contribution in [0.3, 0.4) is 0 Å². The molecule has 0 aromatic heterocycles. The van der Waals surface area contributed by atoms with Gasteiger partial charge in [-0.15, -0.1) is 0 Å². The number of nitrogens with zero attached hydrogens (tertiary/aromatic N) is 1. The molecule has 1 aromatic carbocycles. The van der Waals surface area contributed by atoms with E-state index >= 15 is 0 Å². The van der Waals surface area contributed by atoms with Gasteiger partial charge in [0.15, 0.2) is 0 Å². The number of benzene rings is 1. The van der Waals surface area contributed by atoms with Crippen molar-refractivity contribution in [2.45, 2.75) is 0 Å². The summed E-state index contributed by atoms with van der Waals surface area (Å²) in [7, 11) is 0. The van der Waals surface area contributed by atoms with Gasteiger partial charge in [0.1, 0.15) is 0 Å². The fourth-order valence-corrected chi connectivity index (χ4v) is 0.797. The van der Waals surface area contributed by atoms with Crippen molar-refractivity contribution >= 4 is 23.2 Å². The summed E-state index contributed by atoms with van der Waals surface area (Å²) < 4.78 is 0. The van der Waals surface area contributed by atoms with E-state index in [1.807, 2.05) is 6.07 Å². The number of nitriles is 1. The molecule has 10 heavy (non-hydrogen) atoms. The summed E-state index contributed by atoms with van der Waals surface area (Å²) in [6.07, 6.45) is 0. The van der Waals surface area contributed by atoms with Gasteiger partial charge in [-0.05, 0) is 12.1 Å². The van der Waals surface area contributed by atoms with E-state index in [-0.39, 0.29) is 0 Å². The van der Waals surface area contributed by atoms with E-state index in [4.69, 9.17) is 28.5 Å². The number of rotatable bonds is 0. The Labute approximate surface area is 68.8 Å². The molecule has 1 radical (unpaired) electrons. The van der Waals surface area contributed by atoms with E-state index in [1.165, 1.54) is 12.1 Å². The Morgan fingerprint density at radius 1 is 1.50 bits per heavy atom. The first-order valence-corrected chi connectivity index (χ1v) is 3.26. The summed E-state index contributed by atoms with van der Waals surface area (Å²) in [5.74, 6) is 0. The minimum absolute atomic E-state index is 0.348. The SMILES string of the molecule is N#Cc1c[c]c(Cl)c(Cl)c1. The topological polar surface area (TPSA) is 23.8 Å². The first kappa shape index (κ1) is 7.40. The molecule has 0 amide bonds. The minimum atomic E-state index is 0.348. The van der Waals surface area contributed by atoms with Crippen molar-refractivity contribution in [3.05, 3.63) is 33.8 Å². The first-order valence-electron chi connectivity index (χ1n) is 2.51. The van der Waals surface area contributed by atoms with E-state index in [0.29, 0.717) is 15.6 Å². The van der Waals surface area contributed by atoms with Gasteiger partial charge in [-0.1, -0.05) is 23.2 Å². The molecule has 0 heterocycles. The average Bonchev–Trinajstić information content (AvgIpc) is 1.95. The van der Waals surface area contributed by atoms with Crippen LogP contribution in [0.1, 0.15) is 5.56 Å². The van der Waals surface area contributed by atoms with E-state index in [0.717, 1.165) is 0 Å². The molecular formula is C7H2Cl2N. The standard InChI is InChI=1S/C7H2Cl2N/c8-6-2-1-5(4-10)3-7(6)9/h1,3H. The van der Waals surface area contributed by atoms with Gasteiger partial charge in [0, 0.05) is 6.07 Å². The van der Waals surface area contributed by atoms with E-state index < -0.39 is 0 Å².